The second kappa shape index (κ2) is 8.87. The summed E-state index contributed by atoms with van der Waals surface area (Å²) in [5.74, 6) is 0.474. The van der Waals surface area contributed by atoms with Crippen LogP contribution in [0.5, 0.6) is 5.88 Å². The summed E-state index contributed by atoms with van der Waals surface area (Å²) in [5.41, 5.74) is 4.51. The predicted molar refractivity (Wildman–Crippen MR) is 134 cm³/mol. The van der Waals surface area contributed by atoms with Gasteiger partial charge in [-0.3, -0.25) is 4.57 Å². The maximum absolute atomic E-state index is 13.6. The van der Waals surface area contributed by atoms with Gasteiger partial charge in [0.15, 0.2) is 11.2 Å². The zero-order chi connectivity index (χ0) is 24.8. The Labute approximate surface area is 206 Å². The molecular formula is C26H26N6O4. The monoisotopic (exact) mass is 486 g/mol. The topological polar surface area (TPSA) is 110 Å². The lowest BCUT2D eigenvalue weighted by molar-refractivity contribution is -0.00710. The van der Waals surface area contributed by atoms with Crippen molar-refractivity contribution < 1.29 is 13.9 Å². The van der Waals surface area contributed by atoms with E-state index in [4.69, 9.17) is 18.9 Å². The van der Waals surface area contributed by atoms with Gasteiger partial charge in [0.1, 0.15) is 22.4 Å². The number of hydrogen-bond donors (Lipinski definition) is 0. The summed E-state index contributed by atoms with van der Waals surface area (Å²) < 4.78 is 21.0. The molecule has 2 unspecified atom stereocenters. The van der Waals surface area contributed by atoms with E-state index in [1.54, 1.807) is 30.3 Å². The average Bonchev–Trinajstić information content (AvgIpc) is 3.51. The van der Waals surface area contributed by atoms with Gasteiger partial charge in [0.05, 0.1) is 25.2 Å². The maximum Gasteiger partial charge on any atom is 0.349 e. The number of pyridine rings is 2. The molecule has 6 rings (SSSR count). The maximum atomic E-state index is 13.6. The number of furan rings is 1. The number of fused-ring (bicyclic) bond motifs is 3. The Morgan fingerprint density at radius 3 is 2.75 bits per heavy atom. The van der Waals surface area contributed by atoms with Gasteiger partial charge in [-0.2, -0.15) is 4.98 Å². The van der Waals surface area contributed by atoms with Crippen LogP contribution in [0.2, 0.25) is 0 Å². The summed E-state index contributed by atoms with van der Waals surface area (Å²) in [6.07, 6.45) is 7.68. The molecule has 2 atom stereocenters. The summed E-state index contributed by atoms with van der Waals surface area (Å²) in [6, 6.07) is 7.22. The molecule has 36 heavy (non-hydrogen) atoms. The molecular weight excluding hydrogens is 460 g/mol. The first-order chi connectivity index (χ1) is 17.6. The first-order valence-corrected chi connectivity index (χ1v) is 12.0. The van der Waals surface area contributed by atoms with Crippen LogP contribution in [0.4, 0.5) is 0 Å². The molecule has 10 heteroatoms. The van der Waals surface area contributed by atoms with E-state index in [-0.39, 0.29) is 17.8 Å². The number of nitrogens with zero attached hydrogens (tertiary/aromatic N) is 6. The number of hydrogen-bond acceptors (Lipinski definition) is 8. The summed E-state index contributed by atoms with van der Waals surface area (Å²) in [5, 5.41) is 0. The predicted octanol–water partition coefficient (Wildman–Crippen LogP) is 4.14. The standard InChI is InChI=1S/C26H26N6O4/c1-4-17-11-16(9-10-35-17)32-24-23-20(7-6-18(29-23)19-13-31(2)14-28-19)36-25(24)22(30-26(32)33)15-5-8-21(34-3)27-12-15/h5-8,12-14,16-17H,4,9-11H2,1-3H3. The lowest BCUT2D eigenvalue weighted by Crippen LogP contribution is -2.34. The Hall–Kier alpha value is -4.05. The van der Waals surface area contributed by atoms with Gasteiger partial charge in [0, 0.05) is 43.7 Å². The molecule has 0 spiro atoms. The van der Waals surface area contributed by atoms with E-state index in [1.807, 2.05) is 36.0 Å². The lowest BCUT2D eigenvalue weighted by Gasteiger charge is -2.30. The van der Waals surface area contributed by atoms with E-state index in [0.717, 1.165) is 18.5 Å². The van der Waals surface area contributed by atoms with Gasteiger partial charge in [-0.25, -0.2) is 19.7 Å². The largest absolute Gasteiger partial charge is 0.481 e. The molecule has 1 aliphatic rings. The van der Waals surface area contributed by atoms with Crippen molar-refractivity contribution in [1.29, 1.82) is 0 Å². The van der Waals surface area contributed by atoms with Crippen LogP contribution in [0.1, 0.15) is 32.2 Å². The summed E-state index contributed by atoms with van der Waals surface area (Å²) in [6.45, 7) is 2.68. The van der Waals surface area contributed by atoms with Crippen molar-refractivity contribution in [3.63, 3.8) is 0 Å². The van der Waals surface area contributed by atoms with Gasteiger partial charge >= 0.3 is 5.69 Å². The molecule has 0 aromatic carbocycles. The third-order valence-corrected chi connectivity index (χ3v) is 6.73. The van der Waals surface area contributed by atoms with Crippen LogP contribution in [0.25, 0.3) is 44.8 Å². The quantitative estimate of drug-likeness (QED) is 0.365. The highest BCUT2D eigenvalue weighted by Crippen LogP contribution is 2.37. The van der Waals surface area contributed by atoms with Crippen LogP contribution in [0, 0.1) is 0 Å². The van der Waals surface area contributed by atoms with Crippen molar-refractivity contribution in [3.8, 4) is 28.5 Å². The van der Waals surface area contributed by atoms with E-state index in [0.29, 0.717) is 58.1 Å². The molecule has 184 valence electrons. The number of methoxy groups -OCH3 is 1. The highest BCUT2D eigenvalue weighted by molar-refractivity contribution is 6.05. The van der Waals surface area contributed by atoms with Gasteiger partial charge in [0.25, 0.3) is 0 Å². The van der Waals surface area contributed by atoms with Crippen LogP contribution < -0.4 is 10.4 Å². The normalized spacial score (nSPS) is 18.2. The molecule has 6 heterocycles. The van der Waals surface area contributed by atoms with Crippen molar-refractivity contribution in [2.45, 2.75) is 38.3 Å². The molecule has 0 bridgehead atoms. The van der Waals surface area contributed by atoms with Gasteiger partial charge in [-0.15, -0.1) is 0 Å². The first kappa shape index (κ1) is 22.4. The number of imidazole rings is 1. The zero-order valence-corrected chi connectivity index (χ0v) is 20.3. The fourth-order valence-electron chi connectivity index (χ4n) is 4.89. The molecule has 0 amide bonds. The molecule has 10 nitrogen and oxygen atoms in total. The Morgan fingerprint density at radius 2 is 2.03 bits per heavy atom. The molecule has 1 saturated heterocycles. The second-order valence-corrected chi connectivity index (χ2v) is 9.03. The Morgan fingerprint density at radius 1 is 1.14 bits per heavy atom. The van der Waals surface area contributed by atoms with E-state index in [1.165, 1.54) is 0 Å². The van der Waals surface area contributed by atoms with Gasteiger partial charge in [-0.05, 0) is 37.5 Å². The Kier molecular flexibility index (Phi) is 5.52. The number of ether oxygens (including phenoxy) is 2. The van der Waals surface area contributed by atoms with E-state index < -0.39 is 0 Å². The summed E-state index contributed by atoms with van der Waals surface area (Å²) in [4.78, 5) is 31.8. The first-order valence-electron chi connectivity index (χ1n) is 12.0. The summed E-state index contributed by atoms with van der Waals surface area (Å²) in [7, 11) is 3.47. The van der Waals surface area contributed by atoms with Gasteiger partial charge in [0.2, 0.25) is 5.88 Å². The smallest absolute Gasteiger partial charge is 0.349 e. The molecule has 5 aromatic heterocycles. The molecule has 1 fully saturated rings. The molecule has 0 radical (unpaired) electrons. The summed E-state index contributed by atoms with van der Waals surface area (Å²) >= 11 is 0. The van der Waals surface area contributed by atoms with Crippen LogP contribution in [-0.4, -0.2) is 48.9 Å². The SMILES string of the molecule is CCC1CC(n2c(=O)nc(-c3ccc(OC)nc3)c3oc4ccc(-c5cn(C)cn5)nc4c32)CCO1. The van der Waals surface area contributed by atoms with Crippen molar-refractivity contribution in [1.82, 2.24) is 29.1 Å². The van der Waals surface area contributed by atoms with Crippen molar-refractivity contribution in [2.24, 2.45) is 7.05 Å². The lowest BCUT2D eigenvalue weighted by atomic mass is 10.0. The fourth-order valence-corrected chi connectivity index (χ4v) is 4.89. The number of aromatic nitrogens is 6. The zero-order valence-electron chi connectivity index (χ0n) is 20.3. The number of rotatable bonds is 5. The molecule has 0 aliphatic carbocycles. The molecule has 5 aromatic rings. The highest BCUT2D eigenvalue weighted by Gasteiger charge is 2.29. The van der Waals surface area contributed by atoms with Crippen LogP contribution >= 0.6 is 0 Å². The number of aryl methyl sites for hydroxylation is 1. The molecule has 0 N–H and O–H groups in total. The van der Waals surface area contributed by atoms with Crippen LogP contribution in [-0.2, 0) is 11.8 Å². The van der Waals surface area contributed by atoms with E-state index in [2.05, 4.69) is 21.9 Å². The molecule has 0 saturated carbocycles. The Balaban J connectivity index is 1.63. The van der Waals surface area contributed by atoms with Gasteiger partial charge < -0.3 is 18.5 Å². The average molecular weight is 487 g/mol. The third-order valence-electron chi connectivity index (χ3n) is 6.73. The Bertz CT molecular complexity index is 1620. The highest BCUT2D eigenvalue weighted by atomic mass is 16.5. The van der Waals surface area contributed by atoms with Crippen molar-refractivity contribution in [3.05, 3.63) is 53.5 Å². The fraction of sp³-hybridized carbons (Fsp3) is 0.346. The van der Waals surface area contributed by atoms with Crippen LogP contribution in [0.3, 0.4) is 0 Å². The van der Waals surface area contributed by atoms with Gasteiger partial charge in [-0.1, -0.05) is 6.92 Å². The minimum absolute atomic E-state index is 0.0738. The third kappa shape index (κ3) is 3.74. The van der Waals surface area contributed by atoms with Crippen molar-refractivity contribution >= 4 is 22.2 Å². The minimum Gasteiger partial charge on any atom is -0.481 e. The van der Waals surface area contributed by atoms with E-state index in [9.17, 15) is 4.79 Å². The van der Waals surface area contributed by atoms with Crippen molar-refractivity contribution in [2.75, 3.05) is 13.7 Å². The molecule has 1 aliphatic heterocycles. The van der Waals surface area contributed by atoms with E-state index >= 15 is 0 Å². The van der Waals surface area contributed by atoms with Crippen LogP contribution in [0.15, 0.2) is 52.2 Å². The second-order valence-electron chi connectivity index (χ2n) is 9.03. The minimum atomic E-state index is -0.345.